The van der Waals surface area contributed by atoms with Crippen molar-refractivity contribution in [2.45, 2.75) is 18.7 Å². The molecule has 1 saturated heterocycles. The van der Waals surface area contributed by atoms with Gasteiger partial charge in [-0.1, -0.05) is 36.4 Å². The Labute approximate surface area is 149 Å². The lowest BCUT2D eigenvalue weighted by Gasteiger charge is -2.38. The Morgan fingerprint density at radius 2 is 2.00 bits per heavy atom. The highest BCUT2D eigenvalue weighted by atomic mass is 16.6. The average Bonchev–Trinajstić information content (AvgIpc) is 2.66. The van der Waals surface area contributed by atoms with Gasteiger partial charge >= 0.3 is 12.1 Å². The monoisotopic (exact) mass is 355 g/mol. The zero-order chi connectivity index (χ0) is 18.5. The lowest BCUT2D eigenvalue weighted by molar-refractivity contribution is -0.147. The predicted molar refractivity (Wildman–Crippen MR) is 89.9 cm³/mol. The van der Waals surface area contributed by atoms with Crippen molar-refractivity contribution in [3.05, 3.63) is 66.0 Å². The average molecular weight is 355 g/mol. The molecule has 8 nitrogen and oxygen atoms in total. The fourth-order valence-electron chi connectivity index (χ4n) is 2.81. The number of carbonyl (C=O) groups is 3. The van der Waals surface area contributed by atoms with Crippen LogP contribution >= 0.6 is 0 Å². The molecule has 0 spiro atoms. The van der Waals surface area contributed by atoms with Crippen molar-refractivity contribution in [1.29, 1.82) is 0 Å². The van der Waals surface area contributed by atoms with E-state index in [1.54, 1.807) is 36.4 Å². The van der Waals surface area contributed by atoms with Gasteiger partial charge in [0.05, 0.1) is 6.04 Å². The largest absolute Gasteiger partial charge is 0.480 e. The van der Waals surface area contributed by atoms with Crippen LogP contribution < -0.4 is 5.32 Å². The van der Waals surface area contributed by atoms with Gasteiger partial charge in [-0.2, -0.15) is 0 Å². The maximum absolute atomic E-state index is 12.5. The number of aliphatic carboxylic acids is 1. The smallest absolute Gasteiger partial charge is 0.411 e. The molecule has 1 aromatic carbocycles. The number of rotatable bonds is 4. The summed E-state index contributed by atoms with van der Waals surface area (Å²) in [6.45, 7) is -0.400. The second kappa shape index (κ2) is 7.64. The molecule has 3 rings (SSSR count). The Hall–Kier alpha value is -3.42. The summed E-state index contributed by atoms with van der Waals surface area (Å²) in [5.74, 6) is -1.71. The van der Waals surface area contributed by atoms with Crippen LogP contribution in [0.25, 0.3) is 0 Å². The Morgan fingerprint density at radius 1 is 1.23 bits per heavy atom. The van der Waals surface area contributed by atoms with Crippen LogP contribution in [0.4, 0.5) is 4.79 Å². The highest BCUT2D eigenvalue weighted by molar-refractivity contribution is 5.90. The standard InChI is InChI=1S/C18H17N3O5/c22-14-10-21(18(25)26-11-12-5-2-1-3-6-12)16(17(23)24)15(20-14)13-7-4-8-19-9-13/h1-9,15-16H,10-11H2,(H,20,22)(H,23,24)/t15-,16+/m1/s1. The predicted octanol–water partition coefficient (Wildman–Crippen LogP) is 1.34. The van der Waals surface area contributed by atoms with E-state index in [-0.39, 0.29) is 13.2 Å². The third-order valence-corrected chi connectivity index (χ3v) is 4.02. The van der Waals surface area contributed by atoms with Crippen molar-refractivity contribution >= 4 is 18.0 Å². The summed E-state index contributed by atoms with van der Waals surface area (Å²) in [6, 6.07) is 10.1. The van der Waals surface area contributed by atoms with E-state index in [4.69, 9.17) is 4.74 Å². The Kier molecular flexibility index (Phi) is 5.12. The van der Waals surface area contributed by atoms with E-state index in [1.165, 1.54) is 12.4 Å². The number of pyridine rings is 1. The van der Waals surface area contributed by atoms with E-state index in [2.05, 4.69) is 10.3 Å². The van der Waals surface area contributed by atoms with Crippen molar-refractivity contribution in [3.8, 4) is 0 Å². The summed E-state index contributed by atoms with van der Waals surface area (Å²) in [4.78, 5) is 41.2. The molecule has 2 N–H and O–H groups in total. The molecule has 134 valence electrons. The molecule has 2 aromatic rings. The van der Waals surface area contributed by atoms with Crippen LogP contribution in [-0.4, -0.2) is 45.5 Å². The van der Waals surface area contributed by atoms with Gasteiger partial charge < -0.3 is 15.2 Å². The first-order valence-corrected chi connectivity index (χ1v) is 7.95. The summed E-state index contributed by atoms with van der Waals surface area (Å²) in [7, 11) is 0. The van der Waals surface area contributed by atoms with Crippen LogP contribution in [0.3, 0.4) is 0 Å². The fourth-order valence-corrected chi connectivity index (χ4v) is 2.81. The van der Waals surface area contributed by atoms with Crippen molar-refractivity contribution in [2.24, 2.45) is 0 Å². The normalized spacial score (nSPS) is 19.5. The number of amides is 2. The number of benzene rings is 1. The summed E-state index contributed by atoms with van der Waals surface area (Å²) >= 11 is 0. The van der Waals surface area contributed by atoms with Crippen LogP contribution in [0.15, 0.2) is 54.9 Å². The molecule has 8 heteroatoms. The van der Waals surface area contributed by atoms with Crippen LogP contribution in [-0.2, 0) is 20.9 Å². The van der Waals surface area contributed by atoms with E-state index in [1.807, 2.05) is 6.07 Å². The first-order chi connectivity index (χ1) is 12.6. The van der Waals surface area contributed by atoms with Gasteiger partial charge in [-0.25, -0.2) is 9.59 Å². The molecule has 2 atom stereocenters. The topological polar surface area (TPSA) is 109 Å². The van der Waals surface area contributed by atoms with Crippen LogP contribution in [0.2, 0.25) is 0 Å². The summed E-state index contributed by atoms with van der Waals surface area (Å²) in [5, 5.41) is 12.3. The number of nitrogens with one attached hydrogen (secondary N) is 1. The van der Waals surface area contributed by atoms with Gasteiger partial charge in [-0.15, -0.1) is 0 Å². The van der Waals surface area contributed by atoms with Gasteiger partial charge in [0.2, 0.25) is 5.91 Å². The van der Waals surface area contributed by atoms with Gasteiger partial charge in [-0.05, 0) is 17.2 Å². The number of piperazine rings is 1. The summed E-state index contributed by atoms with van der Waals surface area (Å²) in [5.41, 5.74) is 1.26. The van der Waals surface area contributed by atoms with Gasteiger partial charge in [0, 0.05) is 12.4 Å². The van der Waals surface area contributed by atoms with Crippen LogP contribution in [0, 0.1) is 0 Å². The zero-order valence-electron chi connectivity index (χ0n) is 13.7. The third-order valence-electron chi connectivity index (χ3n) is 4.02. The molecule has 0 bridgehead atoms. The van der Waals surface area contributed by atoms with Crippen molar-refractivity contribution < 1.29 is 24.2 Å². The molecule has 0 radical (unpaired) electrons. The number of aromatic nitrogens is 1. The number of carboxylic acid groups (broad SMARTS) is 1. The maximum atomic E-state index is 12.5. The first-order valence-electron chi connectivity index (χ1n) is 7.95. The number of carboxylic acids is 1. The zero-order valence-corrected chi connectivity index (χ0v) is 13.7. The maximum Gasteiger partial charge on any atom is 0.411 e. The van der Waals surface area contributed by atoms with Crippen LogP contribution in [0.1, 0.15) is 17.2 Å². The molecule has 1 aromatic heterocycles. The number of ether oxygens (including phenoxy) is 1. The molecule has 0 unspecified atom stereocenters. The van der Waals surface area contributed by atoms with E-state index < -0.39 is 30.1 Å². The quantitative estimate of drug-likeness (QED) is 0.857. The Morgan fingerprint density at radius 3 is 2.65 bits per heavy atom. The van der Waals surface area contributed by atoms with E-state index in [0.717, 1.165) is 10.5 Å². The molecular weight excluding hydrogens is 338 g/mol. The number of nitrogens with zero attached hydrogens (tertiary/aromatic N) is 2. The first kappa shape index (κ1) is 17.4. The molecule has 0 saturated carbocycles. The minimum atomic E-state index is -1.29. The molecule has 0 aliphatic carbocycles. The number of hydrogen-bond acceptors (Lipinski definition) is 5. The molecule has 1 aliphatic rings. The summed E-state index contributed by atoms with van der Waals surface area (Å²) < 4.78 is 5.21. The summed E-state index contributed by atoms with van der Waals surface area (Å²) in [6.07, 6.45) is 2.14. The molecular formula is C18H17N3O5. The SMILES string of the molecule is O=C1CN(C(=O)OCc2ccccc2)[C@H](C(=O)O)[C@@H](c2cccnc2)N1. The number of carbonyl (C=O) groups excluding carboxylic acids is 2. The van der Waals surface area contributed by atoms with E-state index in [0.29, 0.717) is 5.56 Å². The highest BCUT2D eigenvalue weighted by Crippen LogP contribution is 2.25. The third kappa shape index (κ3) is 3.80. The van der Waals surface area contributed by atoms with Crippen molar-refractivity contribution in [2.75, 3.05) is 6.54 Å². The fraction of sp³-hybridized carbons (Fsp3) is 0.222. The molecule has 2 heterocycles. The minimum absolute atomic E-state index is 0.0122. The van der Waals surface area contributed by atoms with E-state index >= 15 is 0 Å². The number of hydrogen-bond donors (Lipinski definition) is 2. The van der Waals surface area contributed by atoms with Crippen molar-refractivity contribution in [3.63, 3.8) is 0 Å². The highest BCUT2D eigenvalue weighted by Gasteiger charge is 2.44. The van der Waals surface area contributed by atoms with E-state index in [9.17, 15) is 19.5 Å². The Bertz CT molecular complexity index is 797. The van der Waals surface area contributed by atoms with Crippen LogP contribution in [0.5, 0.6) is 0 Å². The van der Waals surface area contributed by atoms with Gasteiger partial charge in [0.25, 0.3) is 0 Å². The molecule has 2 amide bonds. The van der Waals surface area contributed by atoms with Gasteiger partial charge in [0.1, 0.15) is 13.2 Å². The van der Waals surface area contributed by atoms with Crippen molar-refractivity contribution in [1.82, 2.24) is 15.2 Å². The molecule has 26 heavy (non-hydrogen) atoms. The second-order valence-electron chi connectivity index (χ2n) is 5.78. The molecule has 1 fully saturated rings. The van der Waals surface area contributed by atoms with Gasteiger partial charge in [0.15, 0.2) is 6.04 Å². The minimum Gasteiger partial charge on any atom is -0.480 e. The molecule has 1 aliphatic heterocycles. The van der Waals surface area contributed by atoms with Gasteiger partial charge in [-0.3, -0.25) is 14.7 Å². The Balaban J connectivity index is 1.80. The lowest BCUT2D eigenvalue weighted by Crippen LogP contribution is -2.60. The lowest BCUT2D eigenvalue weighted by atomic mass is 9.97. The second-order valence-corrected chi connectivity index (χ2v) is 5.78.